The molecular weight excluding hydrogens is 711 g/mol. The molecule has 4 aromatic rings. The van der Waals surface area contributed by atoms with Crippen LogP contribution in [0.3, 0.4) is 0 Å². The summed E-state index contributed by atoms with van der Waals surface area (Å²) < 4.78 is 0. The molecule has 16 nitrogen and oxygen atoms in total. The summed E-state index contributed by atoms with van der Waals surface area (Å²) >= 11 is 5.97. The zero-order valence-corrected chi connectivity index (χ0v) is 30.7. The predicted molar refractivity (Wildman–Crippen MR) is 213 cm³/mol. The van der Waals surface area contributed by atoms with Gasteiger partial charge in [0.2, 0.25) is 17.1 Å². The second-order valence-electron chi connectivity index (χ2n) is 13.5. The van der Waals surface area contributed by atoms with Gasteiger partial charge in [-0.2, -0.15) is 15.2 Å². The Morgan fingerprint density at radius 1 is 0.741 bits per heavy atom. The largest absolute Gasteiger partial charge is 0.491 e. The van der Waals surface area contributed by atoms with E-state index in [1.165, 1.54) is 38.1 Å². The summed E-state index contributed by atoms with van der Waals surface area (Å²) in [7, 11) is 2.19. The van der Waals surface area contributed by atoms with Crippen LogP contribution in [-0.2, 0) is 9.59 Å². The summed E-state index contributed by atoms with van der Waals surface area (Å²) in [6.45, 7) is 4.12. The SMILES string of the molecule is C.C.CC[C@@H]1C(=O)N(C)c2cnc(-c3cn[nH]c3)nc2N1C1CCCC1.CC[C@@H]1C(=O)N(C)c2cnc(Cl)nc2N1C1CCCC1.OB(O)c1cn[nH]c1. The highest BCUT2D eigenvalue weighted by Gasteiger charge is 2.42. The summed E-state index contributed by atoms with van der Waals surface area (Å²) in [4.78, 5) is 50.9. The van der Waals surface area contributed by atoms with Crippen molar-refractivity contribution in [1.29, 1.82) is 0 Å². The zero-order chi connectivity index (χ0) is 36.9. The first-order valence-electron chi connectivity index (χ1n) is 18.0. The van der Waals surface area contributed by atoms with Gasteiger partial charge in [0.1, 0.15) is 23.5 Å². The van der Waals surface area contributed by atoms with E-state index in [2.05, 4.69) is 52.1 Å². The van der Waals surface area contributed by atoms with E-state index in [-0.39, 0.29) is 44.0 Å². The molecule has 4 aromatic heterocycles. The van der Waals surface area contributed by atoms with Crippen molar-refractivity contribution in [3.8, 4) is 11.4 Å². The number of rotatable bonds is 6. The van der Waals surface area contributed by atoms with Gasteiger partial charge >= 0.3 is 7.12 Å². The van der Waals surface area contributed by atoms with Gasteiger partial charge in [-0.05, 0) is 50.1 Å². The molecule has 0 aromatic carbocycles. The maximum absolute atomic E-state index is 12.8. The highest BCUT2D eigenvalue weighted by molar-refractivity contribution is 6.58. The number of nitrogens with one attached hydrogen (secondary N) is 2. The Morgan fingerprint density at radius 3 is 1.65 bits per heavy atom. The van der Waals surface area contributed by atoms with Gasteiger partial charge in [0.25, 0.3) is 0 Å². The second-order valence-corrected chi connectivity index (χ2v) is 13.8. The minimum Gasteiger partial charge on any atom is -0.423 e. The molecule has 4 aliphatic rings. The minimum atomic E-state index is -1.41. The Kier molecular flexibility index (Phi) is 14.5. The normalized spacial score (nSPS) is 19.5. The average Bonchev–Trinajstić information content (AvgIpc) is 3.99. The highest BCUT2D eigenvalue weighted by atomic mass is 35.5. The first kappa shape index (κ1) is 42.1. The quantitative estimate of drug-likeness (QED) is 0.160. The molecule has 0 radical (unpaired) electrons. The van der Waals surface area contributed by atoms with Crippen LogP contribution in [-0.4, -0.2) is 108 Å². The first-order chi connectivity index (χ1) is 25.1. The number of carbonyl (C=O) groups is 2. The molecule has 2 saturated carbocycles. The Hall–Kier alpha value is -4.61. The van der Waals surface area contributed by atoms with Crippen molar-refractivity contribution in [3.05, 3.63) is 42.5 Å². The Morgan fingerprint density at radius 2 is 1.22 bits per heavy atom. The van der Waals surface area contributed by atoms with Gasteiger partial charge in [0.05, 0.1) is 24.2 Å². The fourth-order valence-corrected chi connectivity index (χ4v) is 7.79. The van der Waals surface area contributed by atoms with Crippen LogP contribution in [0.1, 0.15) is 92.9 Å². The summed E-state index contributed by atoms with van der Waals surface area (Å²) in [5, 5.41) is 29.8. The van der Waals surface area contributed by atoms with Crippen molar-refractivity contribution in [2.24, 2.45) is 0 Å². The van der Waals surface area contributed by atoms with E-state index >= 15 is 0 Å². The molecule has 2 atom stereocenters. The molecule has 54 heavy (non-hydrogen) atoms. The van der Waals surface area contributed by atoms with Crippen LogP contribution in [0.5, 0.6) is 0 Å². The minimum absolute atomic E-state index is 0. The van der Waals surface area contributed by atoms with Crippen molar-refractivity contribution in [2.75, 3.05) is 33.7 Å². The van der Waals surface area contributed by atoms with Gasteiger partial charge in [-0.15, -0.1) is 0 Å². The van der Waals surface area contributed by atoms with Crippen LogP contribution in [0, 0.1) is 0 Å². The molecule has 2 aliphatic heterocycles. The number of hydrogen-bond donors (Lipinski definition) is 4. The van der Waals surface area contributed by atoms with Gasteiger partial charge in [0.15, 0.2) is 17.5 Å². The predicted octanol–water partition coefficient (Wildman–Crippen LogP) is 4.37. The number of anilines is 4. The summed E-state index contributed by atoms with van der Waals surface area (Å²) in [5.74, 6) is 2.59. The zero-order valence-electron chi connectivity index (χ0n) is 30.0. The van der Waals surface area contributed by atoms with Crippen molar-refractivity contribution >= 4 is 59.0 Å². The van der Waals surface area contributed by atoms with E-state index in [1.807, 2.05) is 14.0 Å². The van der Waals surface area contributed by atoms with E-state index in [1.54, 1.807) is 41.6 Å². The lowest BCUT2D eigenvalue weighted by atomic mass is 9.83. The molecule has 0 saturated heterocycles. The van der Waals surface area contributed by atoms with Crippen LogP contribution in [0.25, 0.3) is 11.4 Å². The standard InChI is InChI=1S/C17H22N6O.C14H19ClN4O.C3H5BN2O2.2CH4/c1-3-13-17(24)22(2)14-10-18-15(11-8-19-20-9-11)21-16(14)23(13)12-6-4-5-7-12;1-3-10-13(20)18(2)11-8-16-14(15)17-12(11)19(10)9-6-4-5-7-9;7-4(8)3-1-5-6-2-3;;/h8-10,12-13H,3-7H2,1-2H3,(H,19,20);8-10H,3-7H2,1-2H3;1-2,7-8H,(H,5,6);2*1H4/t13-;10-;;;/m11.../s1. The number of H-pyrrole nitrogens is 2. The van der Waals surface area contributed by atoms with Gasteiger partial charge < -0.3 is 29.6 Å². The number of hydrogen-bond acceptors (Lipinski definition) is 12. The summed E-state index contributed by atoms with van der Waals surface area (Å²) in [5.41, 5.74) is 2.79. The fourth-order valence-electron chi connectivity index (χ4n) is 7.66. The molecule has 0 unspecified atom stereocenters. The average molecular weight is 765 g/mol. The van der Waals surface area contributed by atoms with Crippen molar-refractivity contribution < 1.29 is 19.6 Å². The molecule has 292 valence electrons. The van der Waals surface area contributed by atoms with Crippen molar-refractivity contribution in [3.63, 3.8) is 0 Å². The van der Waals surface area contributed by atoms with Crippen LogP contribution in [0.15, 0.2) is 37.2 Å². The summed E-state index contributed by atoms with van der Waals surface area (Å²) in [6.07, 6.45) is 20.6. The molecule has 2 amide bonds. The molecule has 2 fully saturated rings. The third-order valence-electron chi connectivity index (χ3n) is 10.4. The molecule has 4 N–H and O–H groups in total. The van der Waals surface area contributed by atoms with E-state index in [0.29, 0.717) is 23.4 Å². The molecule has 8 rings (SSSR count). The highest BCUT2D eigenvalue weighted by Crippen LogP contribution is 2.41. The topological polar surface area (TPSA) is 196 Å². The molecular formula is C36H54BClN12O4. The number of nitrogens with zero attached hydrogens (tertiary/aromatic N) is 10. The number of fused-ring (bicyclic) bond motifs is 2. The lowest BCUT2D eigenvalue weighted by Crippen LogP contribution is -2.55. The van der Waals surface area contributed by atoms with E-state index < -0.39 is 7.12 Å². The first-order valence-corrected chi connectivity index (χ1v) is 18.4. The smallest absolute Gasteiger partial charge is 0.423 e. The van der Waals surface area contributed by atoms with Gasteiger partial charge in [0, 0.05) is 50.2 Å². The van der Waals surface area contributed by atoms with Crippen LogP contribution in [0.4, 0.5) is 23.0 Å². The number of likely N-dealkylation sites (N-methyl/N-ethyl adjacent to an activating group) is 2. The Balaban J connectivity index is 0.000000196. The van der Waals surface area contributed by atoms with Crippen molar-refractivity contribution in [1.82, 2.24) is 40.3 Å². The number of aromatic amines is 2. The maximum atomic E-state index is 12.8. The lowest BCUT2D eigenvalue weighted by molar-refractivity contribution is -0.120. The number of aromatic nitrogens is 8. The van der Waals surface area contributed by atoms with Gasteiger partial charge in [-0.3, -0.25) is 19.8 Å². The van der Waals surface area contributed by atoms with E-state index in [4.69, 9.17) is 26.6 Å². The lowest BCUT2D eigenvalue weighted by Gasteiger charge is -2.43. The summed E-state index contributed by atoms with van der Waals surface area (Å²) in [6, 6.07) is 0.500. The molecule has 6 heterocycles. The number of amides is 2. The van der Waals surface area contributed by atoms with Gasteiger partial charge in [-0.1, -0.05) is 54.4 Å². The van der Waals surface area contributed by atoms with E-state index in [9.17, 15) is 9.59 Å². The van der Waals surface area contributed by atoms with Crippen LogP contribution < -0.4 is 25.1 Å². The Labute approximate surface area is 322 Å². The maximum Gasteiger partial charge on any atom is 0.491 e. The second kappa shape index (κ2) is 18.6. The molecule has 2 aliphatic carbocycles. The number of halogens is 1. The monoisotopic (exact) mass is 764 g/mol. The molecule has 18 heteroatoms. The van der Waals surface area contributed by atoms with Gasteiger partial charge in [-0.25, -0.2) is 15.0 Å². The number of carbonyl (C=O) groups excluding carboxylic acids is 2. The third-order valence-corrected chi connectivity index (χ3v) is 10.6. The third kappa shape index (κ3) is 8.52. The van der Waals surface area contributed by atoms with Crippen LogP contribution in [0.2, 0.25) is 5.28 Å². The fraction of sp³-hybridized carbons (Fsp3) is 0.556. The molecule has 0 bridgehead atoms. The van der Waals surface area contributed by atoms with Crippen molar-refractivity contribution in [2.45, 2.75) is 117 Å². The molecule has 0 spiro atoms. The van der Waals surface area contributed by atoms with Crippen LogP contribution >= 0.6 is 11.6 Å². The Bertz CT molecular complexity index is 1800. The van der Waals surface area contributed by atoms with E-state index in [0.717, 1.165) is 67.1 Å².